The molecule has 1 fully saturated rings. The number of benzene rings is 1. The molecule has 3 aromatic heterocycles. The fourth-order valence-corrected chi connectivity index (χ4v) is 5.68. The molecule has 5 rings (SSSR count). The maximum absolute atomic E-state index is 6.19. The van der Waals surface area contributed by atoms with Gasteiger partial charge in [0, 0.05) is 28.1 Å². The molecule has 1 aliphatic rings. The molecule has 4 aromatic rings. The third kappa shape index (κ3) is 4.35. The Balaban J connectivity index is 1.28. The highest BCUT2D eigenvalue weighted by molar-refractivity contribution is 7.98. The first-order valence-electron chi connectivity index (χ1n) is 9.19. The molecule has 148 valence electrons. The van der Waals surface area contributed by atoms with Crippen LogP contribution in [0.3, 0.4) is 0 Å². The zero-order chi connectivity index (χ0) is 19.6. The Morgan fingerprint density at radius 2 is 2.07 bits per heavy atom. The number of thiophene rings is 1. The van der Waals surface area contributed by atoms with Crippen molar-refractivity contribution in [3.8, 4) is 16.3 Å². The molecule has 1 aromatic carbocycles. The largest absolute Gasteiger partial charge is 0.484 e. The number of nitrogens with zero attached hydrogens (tertiary/aromatic N) is 4. The zero-order valence-corrected chi connectivity index (χ0v) is 18.5. The van der Waals surface area contributed by atoms with Crippen molar-refractivity contribution >= 4 is 46.0 Å². The van der Waals surface area contributed by atoms with Crippen LogP contribution in [0.5, 0.6) is 5.75 Å². The summed E-state index contributed by atoms with van der Waals surface area (Å²) in [5.74, 6) is 2.28. The van der Waals surface area contributed by atoms with Gasteiger partial charge in [-0.3, -0.25) is 4.57 Å². The van der Waals surface area contributed by atoms with Gasteiger partial charge in [0.15, 0.2) is 11.0 Å². The Morgan fingerprint density at radius 3 is 2.86 bits per heavy atom. The van der Waals surface area contributed by atoms with Crippen LogP contribution in [0.4, 0.5) is 0 Å². The number of thioether (sulfide) groups is 1. The second kappa shape index (κ2) is 8.47. The highest BCUT2D eigenvalue weighted by atomic mass is 35.5. The summed E-state index contributed by atoms with van der Waals surface area (Å²) in [7, 11) is 0. The highest BCUT2D eigenvalue weighted by Crippen LogP contribution is 2.40. The van der Waals surface area contributed by atoms with Crippen molar-refractivity contribution < 1.29 is 4.74 Å². The number of para-hydroxylation sites is 1. The number of aromatic nitrogens is 4. The summed E-state index contributed by atoms with van der Waals surface area (Å²) < 4.78 is 8.10. The fourth-order valence-electron chi connectivity index (χ4n) is 2.94. The molecule has 0 radical (unpaired) electrons. The zero-order valence-electron chi connectivity index (χ0n) is 15.3. The molecule has 29 heavy (non-hydrogen) atoms. The molecular formula is C20H17ClN4OS3. The topological polar surface area (TPSA) is 52.8 Å². The van der Waals surface area contributed by atoms with Crippen LogP contribution >= 0.6 is 46.0 Å². The van der Waals surface area contributed by atoms with Gasteiger partial charge in [0.25, 0.3) is 0 Å². The molecule has 1 saturated carbocycles. The van der Waals surface area contributed by atoms with E-state index < -0.39 is 0 Å². The maximum Gasteiger partial charge on any atom is 0.191 e. The van der Waals surface area contributed by atoms with Crippen molar-refractivity contribution in [3.63, 3.8) is 0 Å². The molecule has 0 atom stereocenters. The lowest BCUT2D eigenvalue weighted by molar-refractivity contribution is 0.288. The average Bonchev–Trinajstić information content (AvgIpc) is 3.15. The van der Waals surface area contributed by atoms with Gasteiger partial charge in [0.05, 0.1) is 10.7 Å². The Morgan fingerprint density at radius 1 is 1.17 bits per heavy atom. The quantitative estimate of drug-likeness (QED) is 0.288. The van der Waals surface area contributed by atoms with Gasteiger partial charge in [-0.15, -0.1) is 21.5 Å². The van der Waals surface area contributed by atoms with Gasteiger partial charge in [-0.05, 0) is 36.4 Å². The third-order valence-electron chi connectivity index (χ3n) is 4.51. The molecule has 0 amide bonds. The van der Waals surface area contributed by atoms with Gasteiger partial charge in [0.2, 0.25) is 0 Å². The van der Waals surface area contributed by atoms with Crippen molar-refractivity contribution in [2.75, 3.05) is 0 Å². The summed E-state index contributed by atoms with van der Waals surface area (Å²) in [4.78, 5) is 4.76. The Labute approximate surface area is 185 Å². The summed E-state index contributed by atoms with van der Waals surface area (Å²) >= 11 is 11.2. The Hall–Kier alpha value is -1.87. The first-order valence-corrected chi connectivity index (χ1v) is 12.4. The Kier molecular flexibility index (Phi) is 5.59. The van der Waals surface area contributed by atoms with Gasteiger partial charge < -0.3 is 4.74 Å². The van der Waals surface area contributed by atoms with E-state index >= 15 is 0 Å². The normalized spacial score (nSPS) is 13.7. The first-order chi connectivity index (χ1) is 14.3. The number of rotatable bonds is 8. The minimum absolute atomic E-state index is 0.354. The highest BCUT2D eigenvalue weighted by Gasteiger charge is 2.30. The monoisotopic (exact) mass is 460 g/mol. The molecule has 0 unspecified atom stereocenters. The van der Waals surface area contributed by atoms with Crippen molar-refractivity contribution in [1.82, 2.24) is 19.7 Å². The van der Waals surface area contributed by atoms with Crippen LogP contribution < -0.4 is 4.74 Å². The van der Waals surface area contributed by atoms with Gasteiger partial charge in [0.1, 0.15) is 17.4 Å². The molecule has 0 bridgehead atoms. The summed E-state index contributed by atoms with van der Waals surface area (Å²) in [6, 6.07) is 10.1. The number of hydrogen-bond acceptors (Lipinski definition) is 7. The SMILES string of the molecule is Clc1ccccc1OCc1nnc(SCc2csc(-c3ccsc3)n2)n1C1CC1. The molecule has 1 aliphatic carbocycles. The molecule has 9 heteroatoms. The second-order valence-electron chi connectivity index (χ2n) is 6.66. The number of hydrogen-bond donors (Lipinski definition) is 0. The van der Waals surface area contributed by atoms with Crippen LogP contribution in [0.15, 0.2) is 51.6 Å². The summed E-state index contributed by atoms with van der Waals surface area (Å²) in [6.07, 6.45) is 2.31. The molecule has 0 spiro atoms. The molecule has 0 N–H and O–H groups in total. The van der Waals surface area contributed by atoms with Crippen LogP contribution in [0.1, 0.15) is 30.4 Å². The van der Waals surface area contributed by atoms with Gasteiger partial charge in [-0.25, -0.2) is 4.98 Å². The molecule has 3 heterocycles. The molecule has 5 nitrogen and oxygen atoms in total. The molecular weight excluding hydrogens is 444 g/mol. The van der Waals surface area contributed by atoms with E-state index in [1.165, 1.54) is 5.56 Å². The molecule has 0 saturated heterocycles. The van der Waals surface area contributed by atoms with E-state index in [1.807, 2.05) is 24.3 Å². The van der Waals surface area contributed by atoms with Crippen molar-refractivity contribution in [2.24, 2.45) is 0 Å². The summed E-state index contributed by atoms with van der Waals surface area (Å²) in [5, 5.41) is 17.7. The lowest BCUT2D eigenvalue weighted by atomic mass is 10.3. The van der Waals surface area contributed by atoms with Crippen molar-refractivity contribution in [3.05, 3.63) is 63.0 Å². The van der Waals surface area contributed by atoms with Gasteiger partial charge in [-0.2, -0.15) is 11.3 Å². The lowest BCUT2D eigenvalue weighted by Gasteiger charge is -2.10. The van der Waals surface area contributed by atoms with E-state index in [2.05, 4.69) is 37.0 Å². The van der Waals surface area contributed by atoms with Gasteiger partial charge >= 0.3 is 0 Å². The van der Waals surface area contributed by atoms with Gasteiger partial charge in [-0.1, -0.05) is 35.5 Å². The minimum atomic E-state index is 0.354. The number of halogens is 1. The minimum Gasteiger partial charge on any atom is -0.484 e. The van der Waals surface area contributed by atoms with Crippen molar-refractivity contribution in [1.29, 1.82) is 0 Å². The second-order valence-corrected chi connectivity index (χ2v) is 9.65. The first kappa shape index (κ1) is 19.1. The summed E-state index contributed by atoms with van der Waals surface area (Å²) in [6.45, 7) is 0.354. The number of ether oxygens (including phenoxy) is 1. The van der Waals surface area contributed by atoms with Crippen LogP contribution in [0.25, 0.3) is 10.6 Å². The Bertz CT molecular complexity index is 1100. The fraction of sp³-hybridized carbons (Fsp3) is 0.250. The van der Waals surface area contributed by atoms with Crippen molar-refractivity contribution in [2.45, 2.75) is 36.4 Å². The van der Waals surface area contributed by atoms with E-state index in [0.29, 0.717) is 23.4 Å². The number of thiazole rings is 1. The van der Waals surface area contributed by atoms with Crippen LogP contribution in [0, 0.1) is 0 Å². The standard InChI is InChI=1S/C20H17ClN4OS3/c21-16-3-1-2-4-17(16)26-9-18-23-24-20(25(18)15-5-6-15)29-12-14-11-28-19(22-14)13-7-8-27-10-13/h1-4,7-8,10-11,15H,5-6,9,12H2. The van der Waals surface area contributed by atoms with Crippen LogP contribution in [-0.4, -0.2) is 19.7 Å². The van der Waals surface area contributed by atoms with E-state index in [1.54, 1.807) is 34.4 Å². The van der Waals surface area contributed by atoms with E-state index in [9.17, 15) is 0 Å². The third-order valence-corrected chi connectivity index (χ3v) is 7.42. The average molecular weight is 461 g/mol. The van der Waals surface area contributed by atoms with E-state index in [0.717, 1.165) is 40.3 Å². The lowest BCUT2D eigenvalue weighted by Crippen LogP contribution is -2.07. The van der Waals surface area contributed by atoms with Crippen LogP contribution in [-0.2, 0) is 12.4 Å². The predicted octanol–water partition coefficient (Wildman–Crippen LogP) is 6.32. The van der Waals surface area contributed by atoms with E-state index in [-0.39, 0.29) is 0 Å². The van der Waals surface area contributed by atoms with E-state index in [4.69, 9.17) is 21.3 Å². The smallest absolute Gasteiger partial charge is 0.191 e. The molecule has 0 aliphatic heterocycles. The summed E-state index contributed by atoms with van der Waals surface area (Å²) in [5.41, 5.74) is 2.26. The predicted molar refractivity (Wildman–Crippen MR) is 119 cm³/mol. The van der Waals surface area contributed by atoms with Crippen LogP contribution in [0.2, 0.25) is 5.02 Å². The maximum atomic E-state index is 6.19.